The molecule has 3 aromatic carbocycles. The molecule has 0 fully saturated rings. The van der Waals surface area contributed by atoms with Crippen LogP contribution in [-0.4, -0.2) is 17.0 Å². The molecule has 2 unspecified atom stereocenters. The third-order valence-electron chi connectivity index (χ3n) is 7.02. The first-order chi connectivity index (χ1) is 18.1. The molecule has 4 heteroatoms. The van der Waals surface area contributed by atoms with Crippen LogP contribution in [0.3, 0.4) is 0 Å². The van der Waals surface area contributed by atoms with E-state index in [4.69, 9.17) is 0 Å². The van der Waals surface area contributed by atoms with Crippen LogP contribution in [-0.2, 0) is 4.79 Å². The molecule has 0 amide bonds. The molecule has 0 spiro atoms. The van der Waals surface area contributed by atoms with E-state index in [1.165, 1.54) is 15.9 Å². The Hall–Kier alpha value is -2.58. The molecule has 0 aliphatic heterocycles. The summed E-state index contributed by atoms with van der Waals surface area (Å²) >= 11 is 4.15. The summed E-state index contributed by atoms with van der Waals surface area (Å²) in [5.74, 6) is -2.45. The van der Waals surface area contributed by atoms with Crippen LogP contribution in [0.4, 0.5) is 0 Å². The van der Waals surface area contributed by atoms with Crippen LogP contribution < -0.4 is 15.9 Å². The SMILES string of the molecule is Br[PH](c1ccccc1)(c1ccccc1)c1ccccc1.CC=C(C)C=CC(=O)C1C(C)=CC(C)(C)CC1O. The number of benzene rings is 3. The van der Waals surface area contributed by atoms with Crippen LogP contribution in [0.15, 0.2) is 126 Å². The number of aliphatic hydroxyl groups excluding tert-OH is 1. The summed E-state index contributed by atoms with van der Waals surface area (Å²) in [5, 5.41) is 14.3. The zero-order valence-corrected chi connectivity index (χ0v) is 25.7. The molecular formula is C34H40BrO2P. The fraction of sp³-hybridized carbons (Fsp3) is 0.265. The van der Waals surface area contributed by atoms with Gasteiger partial charge in [-0.2, -0.15) is 0 Å². The maximum atomic E-state index is 12.1. The number of hydrogen-bond acceptors (Lipinski definition) is 2. The maximum Gasteiger partial charge on any atom is 0.165 e. The van der Waals surface area contributed by atoms with E-state index in [9.17, 15) is 9.90 Å². The van der Waals surface area contributed by atoms with Crippen molar-refractivity contribution >= 4 is 43.2 Å². The van der Waals surface area contributed by atoms with Crippen molar-refractivity contribution in [1.82, 2.24) is 0 Å². The molecule has 3 aromatic rings. The van der Waals surface area contributed by atoms with Crippen LogP contribution in [0.5, 0.6) is 0 Å². The molecular weight excluding hydrogens is 551 g/mol. The van der Waals surface area contributed by atoms with Gasteiger partial charge in [0.1, 0.15) is 0 Å². The summed E-state index contributed by atoms with van der Waals surface area (Å²) in [6.07, 6.45) is 7.51. The zero-order valence-electron chi connectivity index (χ0n) is 23.1. The van der Waals surface area contributed by atoms with Crippen LogP contribution in [0.2, 0.25) is 0 Å². The molecule has 0 saturated carbocycles. The Morgan fingerprint density at radius 1 is 0.868 bits per heavy atom. The monoisotopic (exact) mass is 590 g/mol. The molecule has 0 saturated heterocycles. The standard InChI is InChI=1S/C18H16BrP.C16H24O2/c19-20(16-10-4-1-5-11-16,17-12-6-2-7-13-17)18-14-8-3-9-15-18;1-6-11(2)7-8-13(17)15-12(3)9-16(4,5)10-14(15)18/h1-15,20H;6-9,14-15,18H,10H2,1-5H3. The largest absolute Gasteiger partial charge is 0.392 e. The first-order valence-corrected chi connectivity index (χ1v) is 17.4. The Bertz CT molecular complexity index is 1180. The van der Waals surface area contributed by atoms with Gasteiger partial charge in [0.15, 0.2) is 5.78 Å². The van der Waals surface area contributed by atoms with E-state index in [1.54, 1.807) is 6.08 Å². The third-order valence-corrected chi connectivity index (χ3v) is 14.5. The Morgan fingerprint density at radius 2 is 1.29 bits per heavy atom. The van der Waals surface area contributed by atoms with E-state index in [-0.39, 0.29) is 17.1 Å². The van der Waals surface area contributed by atoms with E-state index >= 15 is 0 Å². The van der Waals surface area contributed by atoms with Crippen molar-refractivity contribution in [3.05, 3.63) is 126 Å². The number of carbonyl (C=O) groups is 1. The van der Waals surface area contributed by atoms with Crippen molar-refractivity contribution < 1.29 is 9.90 Å². The summed E-state index contributed by atoms with van der Waals surface area (Å²) in [6.45, 7) is 9.99. The fourth-order valence-electron chi connectivity index (χ4n) is 5.06. The number of hydrogen-bond donors (Lipinski definition) is 1. The maximum absolute atomic E-state index is 12.1. The number of halogens is 1. The summed E-state index contributed by atoms with van der Waals surface area (Å²) in [5.41, 5.74) is 2.01. The quantitative estimate of drug-likeness (QED) is 0.140. The number of ketones is 1. The summed E-state index contributed by atoms with van der Waals surface area (Å²) in [6, 6.07) is 32.2. The minimum absolute atomic E-state index is 0.00653. The predicted octanol–water partition coefficient (Wildman–Crippen LogP) is 7.45. The Labute approximate surface area is 237 Å². The molecule has 1 aliphatic rings. The topological polar surface area (TPSA) is 37.3 Å². The molecule has 0 bridgehead atoms. The average molecular weight is 592 g/mol. The second-order valence-electron chi connectivity index (χ2n) is 10.7. The molecule has 200 valence electrons. The van der Waals surface area contributed by atoms with Crippen molar-refractivity contribution in [2.45, 2.75) is 47.1 Å². The Balaban J connectivity index is 0.000000212. The van der Waals surface area contributed by atoms with E-state index in [0.717, 1.165) is 11.1 Å². The van der Waals surface area contributed by atoms with Gasteiger partial charge in [0.25, 0.3) is 0 Å². The molecule has 2 atom stereocenters. The molecule has 0 heterocycles. The van der Waals surface area contributed by atoms with E-state index < -0.39 is 12.1 Å². The minimum atomic E-state index is -2.07. The molecule has 2 nitrogen and oxygen atoms in total. The van der Waals surface area contributed by atoms with Crippen molar-refractivity contribution in [1.29, 1.82) is 0 Å². The van der Waals surface area contributed by atoms with Gasteiger partial charge < -0.3 is 5.11 Å². The Morgan fingerprint density at radius 3 is 1.66 bits per heavy atom. The summed E-state index contributed by atoms with van der Waals surface area (Å²) in [4.78, 5) is 12.1. The Kier molecular flexibility index (Phi) is 10.6. The van der Waals surface area contributed by atoms with Gasteiger partial charge in [0, 0.05) is 0 Å². The van der Waals surface area contributed by atoms with Gasteiger partial charge in [-0.25, -0.2) is 0 Å². The first-order valence-electron chi connectivity index (χ1n) is 13.2. The van der Waals surface area contributed by atoms with Gasteiger partial charge in [-0.05, 0) is 38.7 Å². The van der Waals surface area contributed by atoms with Gasteiger partial charge in [-0.1, -0.05) is 43.2 Å². The molecule has 0 aromatic heterocycles. The van der Waals surface area contributed by atoms with E-state index in [1.807, 2.05) is 32.9 Å². The molecule has 1 N–H and O–H groups in total. The third kappa shape index (κ3) is 7.50. The van der Waals surface area contributed by atoms with E-state index in [0.29, 0.717) is 6.42 Å². The number of rotatable bonds is 6. The van der Waals surface area contributed by atoms with Crippen LogP contribution in [0.1, 0.15) is 41.0 Å². The van der Waals surface area contributed by atoms with Gasteiger partial charge in [0.05, 0.1) is 12.0 Å². The van der Waals surface area contributed by atoms with Gasteiger partial charge in [-0.15, -0.1) is 0 Å². The smallest absolute Gasteiger partial charge is 0.165 e. The zero-order chi connectivity index (χ0) is 27.8. The average Bonchev–Trinajstić information content (AvgIpc) is 2.92. The van der Waals surface area contributed by atoms with Gasteiger partial charge in [-0.3, -0.25) is 4.79 Å². The molecule has 0 radical (unpaired) electrons. The summed E-state index contributed by atoms with van der Waals surface area (Å²) < 4.78 is 0. The minimum Gasteiger partial charge on any atom is -0.392 e. The van der Waals surface area contributed by atoms with Crippen LogP contribution >= 0.6 is 21.5 Å². The van der Waals surface area contributed by atoms with Gasteiger partial charge in [0.2, 0.25) is 0 Å². The van der Waals surface area contributed by atoms with Crippen molar-refractivity contribution in [2.24, 2.45) is 11.3 Å². The molecule has 1 aliphatic carbocycles. The normalized spacial score (nSPS) is 19.8. The van der Waals surface area contributed by atoms with Crippen molar-refractivity contribution in [3.63, 3.8) is 0 Å². The first kappa shape index (κ1) is 30.0. The predicted molar refractivity (Wildman–Crippen MR) is 171 cm³/mol. The van der Waals surface area contributed by atoms with Crippen molar-refractivity contribution in [3.8, 4) is 0 Å². The molecule has 38 heavy (non-hydrogen) atoms. The number of carbonyl (C=O) groups excluding carboxylic acids is 1. The van der Waals surface area contributed by atoms with Gasteiger partial charge >= 0.3 is 128 Å². The number of allylic oxidation sites excluding steroid dienone is 5. The van der Waals surface area contributed by atoms with E-state index in [2.05, 4.69) is 126 Å². The van der Waals surface area contributed by atoms with Crippen LogP contribution in [0, 0.1) is 11.3 Å². The second-order valence-corrected chi connectivity index (χ2v) is 17.3. The molecule has 4 rings (SSSR count). The van der Waals surface area contributed by atoms with Crippen molar-refractivity contribution in [2.75, 3.05) is 0 Å². The number of aliphatic hydroxyl groups is 1. The fourth-order valence-corrected chi connectivity index (χ4v) is 10.4. The summed E-state index contributed by atoms with van der Waals surface area (Å²) in [7, 11) is 0. The second kappa shape index (κ2) is 13.5. The van der Waals surface area contributed by atoms with Crippen LogP contribution in [0.25, 0.3) is 0 Å².